The van der Waals surface area contributed by atoms with Crippen molar-refractivity contribution in [3.63, 3.8) is 0 Å². The average Bonchev–Trinajstić information content (AvgIpc) is 3.05. The van der Waals surface area contributed by atoms with E-state index in [1.807, 2.05) is 0 Å². The van der Waals surface area contributed by atoms with Crippen LogP contribution >= 0.6 is 0 Å². The molecule has 0 aromatic carbocycles. The quantitative estimate of drug-likeness (QED) is 0.613. The lowest BCUT2D eigenvalue weighted by Gasteiger charge is -2.33. The van der Waals surface area contributed by atoms with Crippen LogP contribution in [0.15, 0.2) is 4.99 Å². The normalized spacial score (nSPS) is 29.8. The van der Waals surface area contributed by atoms with Gasteiger partial charge in [0.25, 0.3) is 0 Å². The van der Waals surface area contributed by atoms with Crippen LogP contribution in [0.5, 0.6) is 0 Å². The van der Waals surface area contributed by atoms with E-state index in [2.05, 4.69) is 33.9 Å². The molecular formula is C19H37N5. The molecule has 2 atom stereocenters. The molecule has 1 N–H and O–H groups in total. The third kappa shape index (κ3) is 4.63. The molecule has 1 saturated carbocycles. The molecule has 3 rings (SSSR count). The average molecular weight is 336 g/mol. The smallest absolute Gasteiger partial charge is 0.193 e. The summed E-state index contributed by atoms with van der Waals surface area (Å²) in [7, 11) is 0. The number of nitrogens with one attached hydrogen (secondary N) is 1. The first kappa shape index (κ1) is 18.0. The molecule has 0 aromatic rings. The predicted octanol–water partition coefficient (Wildman–Crippen LogP) is 1.71. The summed E-state index contributed by atoms with van der Waals surface area (Å²) >= 11 is 0. The Morgan fingerprint density at radius 1 is 0.958 bits per heavy atom. The van der Waals surface area contributed by atoms with E-state index in [1.165, 1.54) is 77.5 Å². The van der Waals surface area contributed by atoms with Gasteiger partial charge in [0, 0.05) is 52.4 Å². The van der Waals surface area contributed by atoms with Gasteiger partial charge >= 0.3 is 0 Å². The minimum absolute atomic E-state index is 0.921. The van der Waals surface area contributed by atoms with Crippen LogP contribution in [-0.2, 0) is 0 Å². The Morgan fingerprint density at radius 3 is 2.17 bits per heavy atom. The van der Waals surface area contributed by atoms with Gasteiger partial charge in [-0.05, 0) is 38.1 Å². The molecule has 5 heteroatoms. The van der Waals surface area contributed by atoms with Gasteiger partial charge in [0.15, 0.2) is 5.96 Å². The molecule has 2 heterocycles. The molecule has 138 valence electrons. The monoisotopic (exact) mass is 335 g/mol. The highest BCUT2D eigenvalue weighted by molar-refractivity contribution is 5.80. The van der Waals surface area contributed by atoms with Crippen molar-refractivity contribution in [3.8, 4) is 0 Å². The first-order valence-corrected chi connectivity index (χ1v) is 10.3. The van der Waals surface area contributed by atoms with E-state index in [1.54, 1.807) is 0 Å². The van der Waals surface area contributed by atoms with Crippen LogP contribution in [0.2, 0.25) is 0 Å². The van der Waals surface area contributed by atoms with Crippen molar-refractivity contribution in [1.82, 2.24) is 20.0 Å². The fourth-order valence-corrected chi connectivity index (χ4v) is 4.63. The van der Waals surface area contributed by atoms with Crippen LogP contribution < -0.4 is 5.32 Å². The molecule has 1 aliphatic carbocycles. The second-order valence-corrected chi connectivity index (χ2v) is 7.72. The number of nitrogens with zero attached hydrogens (tertiary/aromatic N) is 4. The Hall–Kier alpha value is -0.810. The van der Waals surface area contributed by atoms with Crippen molar-refractivity contribution in [2.24, 2.45) is 16.8 Å². The number of rotatable bonds is 5. The van der Waals surface area contributed by atoms with Gasteiger partial charge in [-0.2, -0.15) is 0 Å². The summed E-state index contributed by atoms with van der Waals surface area (Å²) in [5, 5.41) is 3.54. The van der Waals surface area contributed by atoms with Gasteiger partial charge in [-0.15, -0.1) is 0 Å². The first-order chi connectivity index (χ1) is 11.8. The van der Waals surface area contributed by atoms with E-state index < -0.39 is 0 Å². The lowest BCUT2D eigenvalue weighted by molar-refractivity contribution is 0.140. The number of piperazine rings is 1. The summed E-state index contributed by atoms with van der Waals surface area (Å²) in [6, 6.07) is 0. The Kier molecular flexibility index (Phi) is 6.78. The molecular weight excluding hydrogens is 298 g/mol. The summed E-state index contributed by atoms with van der Waals surface area (Å²) in [5.74, 6) is 3.01. The van der Waals surface area contributed by atoms with E-state index in [9.17, 15) is 0 Å². The zero-order valence-electron chi connectivity index (χ0n) is 15.8. The van der Waals surface area contributed by atoms with E-state index in [0.29, 0.717) is 0 Å². The van der Waals surface area contributed by atoms with E-state index in [4.69, 9.17) is 4.99 Å². The third-order valence-corrected chi connectivity index (χ3v) is 6.20. The van der Waals surface area contributed by atoms with Gasteiger partial charge in [0.2, 0.25) is 0 Å². The SMILES string of the molecule is CCNC(=NCCN1CCN(CC)CC1)N1CC2CCCCC2C1. The van der Waals surface area contributed by atoms with Gasteiger partial charge in [-0.1, -0.05) is 19.8 Å². The van der Waals surface area contributed by atoms with Crippen LogP contribution in [0.25, 0.3) is 0 Å². The molecule has 2 aliphatic heterocycles. The van der Waals surface area contributed by atoms with E-state index >= 15 is 0 Å². The van der Waals surface area contributed by atoms with Crippen molar-refractivity contribution in [2.75, 3.05) is 65.4 Å². The molecule has 0 spiro atoms. The molecule has 5 nitrogen and oxygen atoms in total. The standard InChI is InChI=1S/C19H37N5/c1-3-20-19(24-15-17-7-5-6-8-18(17)16-24)21-9-10-23-13-11-22(4-2)12-14-23/h17-18H,3-16H2,1-2H3,(H,20,21). The van der Waals surface area contributed by atoms with Crippen molar-refractivity contribution in [2.45, 2.75) is 39.5 Å². The maximum atomic E-state index is 4.96. The molecule has 0 radical (unpaired) electrons. The summed E-state index contributed by atoms with van der Waals surface area (Å²) in [5.41, 5.74) is 0. The second kappa shape index (κ2) is 9.04. The lowest BCUT2D eigenvalue weighted by Crippen LogP contribution is -2.47. The van der Waals surface area contributed by atoms with Gasteiger partial charge < -0.3 is 15.1 Å². The Labute approximate surface area is 148 Å². The maximum Gasteiger partial charge on any atom is 0.193 e. The third-order valence-electron chi connectivity index (χ3n) is 6.20. The van der Waals surface area contributed by atoms with E-state index in [0.717, 1.165) is 31.5 Å². The Bertz CT molecular complexity index is 389. The number of hydrogen-bond acceptors (Lipinski definition) is 3. The van der Waals surface area contributed by atoms with Gasteiger partial charge in [0.1, 0.15) is 0 Å². The van der Waals surface area contributed by atoms with Crippen LogP contribution in [0.3, 0.4) is 0 Å². The van der Waals surface area contributed by atoms with Crippen LogP contribution in [0.1, 0.15) is 39.5 Å². The molecule has 2 saturated heterocycles. The largest absolute Gasteiger partial charge is 0.357 e. The number of aliphatic imine (C=N–C) groups is 1. The van der Waals surface area contributed by atoms with Crippen LogP contribution in [0, 0.1) is 11.8 Å². The fraction of sp³-hybridized carbons (Fsp3) is 0.947. The fourth-order valence-electron chi connectivity index (χ4n) is 4.63. The molecule has 3 aliphatic rings. The molecule has 0 bridgehead atoms. The number of likely N-dealkylation sites (N-methyl/N-ethyl adjacent to an activating group) is 1. The molecule has 0 amide bonds. The number of likely N-dealkylation sites (tertiary alicyclic amines) is 1. The number of hydrogen-bond donors (Lipinski definition) is 1. The molecule has 24 heavy (non-hydrogen) atoms. The summed E-state index contributed by atoms with van der Waals surface area (Å²) in [4.78, 5) is 12.6. The minimum atomic E-state index is 0.921. The number of fused-ring (bicyclic) bond motifs is 1. The first-order valence-electron chi connectivity index (χ1n) is 10.3. The maximum absolute atomic E-state index is 4.96. The molecule has 0 aromatic heterocycles. The second-order valence-electron chi connectivity index (χ2n) is 7.72. The van der Waals surface area contributed by atoms with Crippen molar-refractivity contribution in [1.29, 1.82) is 0 Å². The van der Waals surface area contributed by atoms with E-state index in [-0.39, 0.29) is 0 Å². The summed E-state index contributed by atoms with van der Waals surface area (Å²) in [6.45, 7) is 15.9. The van der Waals surface area contributed by atoms with Gasteiger partial charge in [-0.25, -0.2) is 0 Å². The Balaban J connectivity index is 1.47. The van der Waals surface area contributed by atoms with Gasteiger partial charge in [0.05, 0.1) is 6.54 Å². The lowest BCUT2D eigenvalue weighted by atomic mass is 9.82. The molecule has 3 fully saturated rings. The Morgan fingerprint density at radius 2 is 1.58 bits per heavy atom. The highest BCUT2D eigenvalue weighted by atomic mass is 15.3. The van der Waals surface area contributed by atoms with Crippen molar-refractivity contribution in [3.05, 3.63) is 0 Å². The minimum Gasteiger partial charge on any atom is -0.357 e. The van der Waals surface area contributed by atoms with Crippen LogP contribution in [-0.4, -0.2) is 86.1 Å². The number of guanidine groups is 1. The topological polar surface area (TPSA) is 34.1 Å². The van der Waals surface area contributed by atoms with Crippen molar-refractivity contribution >= 4 is 5.96 Å². The summed E-state index contributed by atoms with van der Waals surface area (Å²) in [6.07, 6.45) is 5.74. The van der Waals surface area contributed by atoms with Crippen LogP contribution in [0.4, 0.5) is 0 Å². The van der Waals surface area contributed by atoms with Crippen molar-refractivity contribution < 1.29 is 0 Å². The zero-order valence-corrected chi connectivity index (χ0v) is 15.8. The zero-order chi connectivity index (χ0) is 16.8. The van der Waals surface area contributed by atoms with Gasteiger partial charge in [-0.3, -0.25) is 9.89 Å². The highest BCUT2D eigenvalue weighted by Gasteiger charge is 2.35. The summed E-state index contributed by atoms with van der Waals surface area (Å²) < 4.78 is 0. The predicted molar refractivity (Wildman–Crippen MR) is 102 cm³/mol. The highest BCUT2D eigenvalue weighted by Crippen LogP contribution is 2.35. The molecule has 2 unspecified atom stereocenters.